The third kappa shape index (κ3) is 3.61. The van der Waals surface area contributed by atoms with Crippen molar-refractivity contribution in [2.24, 2.45) is 0 Å². The van der Waals surface area contributed by atoms with Gasteiger partial charge in [0, 0.05) is 4.47 Å². The van der Waals surface area contributed by atoms with E-state index in [2.05, 4.69) is 26.1 Å². The van der Waals surface area contributed by atoms with E-state index in [1.165, 1.54) is 0 Å². The summed E-state index contributed by atoms with van der Waals surface area (Å²) in [6.45, 7) is 1.82. The molecule has 0 aliphatic heterocycles. The van der Waals surface area contributed by atoms with Crippen LogP contribution >= 0.6 is 15.9 Å². The average Bonchev–Trinajstić information content (AvgIpc) is 2.39. The lowest BCUT2D eigenvalue weighted by atomic mass is 9.96. The molecule has 19 heavy (non-hydrogen) atoms. The zero-order valence-electron chi connectivity index (χ0n) is 10.4. The highest BCUT2D eigenvalue weighted by atomic mass is 79.9. The minimum atomic E-state index is -0.888. The van der Waals surface area contributed by atoms with E-state index in [0.717, 1.165) is 15.7 Å². The summed E-state index contributed by atoms with van der Waals surface area (Å²) >= 11 is 3.35. The number of halogens is 1. The van der Waals surface area contributed by atoms with Crippen LogP contribution in [-0.4, -0.2) is 21.3 Å². The fraction of sp³-hybridized carbons (Fsp3) is 0.214. The van der Waals surface area contributed by atoms with Crippen molar-refractivity contribution in [3.05, 3.63) is 57.8 Å². The number of aromatic nitrogens is 2. The third-order valence-electron chi connectivity index (χ3n) is 2.83. The molecule has 0 fully saturated rings. The quantitative estimate of drug-likeness (QED) is 0.940. The van der Waals surface area contributed by atoms with Crippen LogP contribution in [0.2, 0.25) is 0 Å². The van der Waals surface area contributed by atoms with Gasteiger partial charge >= 0.3 is 5.97 Å². The summed E-state index contributed by atoms with van der Waals surface area (Å²) in [6.07, 6.45) is 0.403. The van der Waals surface area contributed by atoms with Crippen molar-refractivity contribution < 1.29 is 9.90 Å². The van der Waals surface area contributed by atoms with E-state index in [4.69, 9.17) is 0 Å². The van der Waals surface area contributed by atoms with Crippen molar-refractivity contribution in [3.63, 3.8) is 0 Å². The van der Waals surface area contributed by atoms with Gasteiger partial charge in [-0.15, -0.1) is 0 Å². The number of carboxylic acids is 1. The van der Waals surface area contributed by atoms with Gasteiger partial charge in [0.15, 0.2) is 0 Å². The molecule has 0 aliphatic carbocycles. The second kappa shape index (κ2) is 5.93. The van der Waals surface area contributed by atoms with E-state index in [0.29, 0.717) is 12.1 Å². The van der Waals surface area contributed by atoms with Gasteiger partial charge in [-0.3, -0.25) is 4.79 Å². The molecule has 0 bridgehead atoms. The van der Waals surface area contributed by atoms with Gasteiger partial charge in [-0.25, -0.2) is 0 Å². The standard InChI is InChI=1S/C14H13BrN2O2/c1-9-2-7-13(17-16-9)12(14(18)19)8-10-3-5-11(15)6-4-10/h2-7,12H,8H2,1H3,(H,18,19). The van der Waals surface area contributed by atoms with Gasteiger partial charge in [0.1, 0.15) is 5.92 Å². The normalized spacial score (nSPS) is 12.1. The van der Waals surface area contributed by atoms with E-state index >= 15 is 0 Å². The Morgan fingerprint density at radius 2 is 1.89 bits per heavy atom. The van der Waals surface area contributed by atoms with Gasteiger partial charge in [0.05, 0.1) is 11.4 Å². The predicted octanol–water partition coefficient (Wildman–Crippen LogP) is 2.96. The van der Waals surface area contributed by atoms with E-state index in [1.807, 2.05) is 31.2 Å². The minimum Gasteiger partial charge on any atom is -0.481 e. The van der Waals surface area contributed by atoms with Gasteiger partial charge in [-0.2, -0.15) is 10.2 Å². The highest BCUT2D eigenvalue weighted by molar-refractivity contribution is 9.10. The van der Waals surface area contributed by atoms with Crippen molar-refractivity contribution >= 4 is 21.9 Å². The Morgan fingerprint density at radius 1 is 1.21 bits per heavy atom. The van der Waals surface area contributed by atoms with Crippen LogP contribution in [0.5, 0.6) is 0 Å². The molecule has 0 spiro atoms. The highest BCUT2D eigenvalue weighted by Crippen LogP contribution is 2.20. The molecule has 2 rings (SSSR count). The lowest BCUT2D eigenvalue weighted by Crippen LogP contribution is -2.16. The zero-order valence-corrected chi connectivity index (χ0v) is 12.0. The summed E-state index contributed by atoms with van der Waals surface area (Å²) in [5.74, 6) is -1.56. The van der Waals surface area contributed by atoms with Crippen molar-refractivity contribution in [1.29, 1.82) is 0 Å². The molecule has 4 nitrogen and oxygen atoms in total. The number of nitrogens with zero attached hydrogens (tertiary/aromatic N) is 2. The van der Waals surface area contributed by atoms with E-state index in [-0.39, 0.29) is 0 Å². The second-order valence-electron chi connectivity index (χ2n) is 4.32. The molecular weight excluding hydrogens is 308 g/mol. The number of aliphatic carboxylic acids is 1. The van der Waals surface area contributed by atoms with Crippen LogP contribution in [0, 0.1) is 6.92 Å². The summed E-state index contributed by atoms with van der Waals surface area (Å²) in [5.41, 5.74) is 2.22. The maximum atomic E-state index is 11.4. The van der Waals surface area contributed by atoms with Gasteiger partial charge in [0.25, 0.3) is 0 Å². The number of carbonyl (C=O) groups is 1. The molecule has 0 aliphatic rings. The molecule has 98 valence electrons. The summed E-state index contributed by atoms with van der Waals surface area (Å²) < 4.78 is 0.971. The monoisotopic (exact) mass is 320 g/mol. The Bertz CT molecular complexity index is 567. The number of aryl methyl sites for hydroxylation is 1. The summed E-state index contributed by atoms with van der Waals surface area (Å²) in [4.78, 5) is 11.4. The number of carboxylic acid groups (broad SMARTS) is 1. The van der Waals surface area contributed by atoms with Gasteiger partial charge in [0.2, 0.25) is 0 Å². The number of hydrogen-bond acceptors (Lipinski definition) is 3. The molecule has 0 amide bonds. The molecule has 1 atom stereocenters. The first-order chi connectivity index (χ1) is 9.06. The Balaban J connectivity index is 2.23. The van der Waals surface area contributed by atoms with Crippen molar-refractivity contribution in [2.75, 3.05) is 0 Å². The third-order valence-corrected chi connectivity index (χ3v) is 3.36. The largest absolute Gasteiger partial charge is 0.481 e. The van der Waals surface area contributed by atoms with E-state index in [9.17, 15) is 9.90 Å². The van der Waals surface area contributed by atoms with Crippen molar-refractivity contribution in [1.82, 2.24) is 10.2 Å². The first-order valence-electron chi connectivity index (χ1n) is 5.84. The van der Waals surface area contributed by atoms with Crippen LogP contribution < -0.4 is 0 Å². The SMILES string of the molecule is Cc1ccc(C(Cc2ccc(Br)cc2)C(=O)O)nn1. The molecular formula is C14H13BrN2O2. The fourth-order valence-corrected chi connectivity index (χ4v) is 2.03. The Hall–Kier alpha value is -1.75. The van der Waals surface area contributed by atoms with Crippen LogP contribution in [0.25, 0.3) is 0 Å². The molecule has 0 saturated heterocycles. The average molecular weight is 321 g/mol. The molecule has 1 aromatic carbocycles. The molecule has 1 unspecified atom stereocenters. The van der Waals surface area contributed by atoms with Crippen molar-refractivity contribution in [3.8, 4) is 0 Å². The van der Waals surface area contributed by atoms with Gasteiger partial charge < -0.3 is 5.11 Å². The summed E-state index contributed by atoms with van der Waals surface area (Å²) in [6, 6.07) is 11.1. The smallest absolute Gasteiger partial charge is 0.313 e. The van der Waals surface area contributed by atoms with Crippen molar-refractivity contribution in [2.45, 2.75) is 19.3 Å². The molecule has 5 heteroatoms. The van der Waals surface area contributed by atoms with Crippen LogP contribution in [0.3, 0.4) is 0 Å². The van der Waals surface area contributed by atoms with Crippen LogP contribution in [-0.2, 0) is 11.2 Å². The minimum absolute atomic E-state index is 0.403. The van der Waals surface area contributed by atoms with Crippen LogP contribution in [0.15, 0.2) is 40.9 Å². The molecule has 0 radical (unpaired) electrons. The predicted molar refractivity (Wildman–Crippen MR) is 75.0 cm³/mol. The molecule has 0 saturated carbocycles. The molecule has 1 aromatic heterocycles. The summed E-state index contributed by atoms with van der Waals surface area (Å²) in [5, 5.41) is 17.2. The molecule has 2 aromatic rings. The molecule has 1 heterocycles. The van der Waals surface area contributed by atoms with E-state index in [1.54, 1.807) is 12.1 Å². The Labute approximate surface area is 119 Å². The van der Waals surface area contributed by atoms with Crippen LogP contribution in [0.4, 0.5) is 0 Å². The Kier molecular flexibility index (Phi) is 4.27. The topological polar surface area (TPSA) is 63.1 Å². The highest BCUT2D eigenvalue weighted by Gasteiger charge is 2.22. The Morgan fingerprint density at radius 3 is 2.42 bits per heavy atom. The molecule has 1 N–H and O–H groups in total. The van der Waals surface area contributed by atoms with Gasteiger partial charge in [-0.05, 0) is 43.2 Å². The summed E-state index contributed by atoms with van der Waals surface area (Å²) in [7, 11) is 0. The first kappa shape index (κ1) is 13.7. The lowest BCUT2D eigenvalue weighted by Gasteiger charge is -2.11. The van der Waals surface area contributed by atoms with E-state index < -0.39 is 11.9 Å². The van der Waals surface area contributed by atoms with Crippen LogP contribution in [0.1, 0.15) is 22.9 Å². The number of hydrogen-bond donors (Lipinski definition) is 1. The maximum absolute atomic E-state index is 11.4. The maximum Gasteiger partial charge on any atom is 0.313 e. The number of rotatable bonds is 4. The first-order valence-corrected chi connectivity index (χ1v) is 6.63. The fourth-order valence-electron chi connectivity index (χ4n) is 1.77. The lowest BCUT2D eigenvalue weighted by molar-refractivity contribution is -0.138. The zero-order chi connectivity index (χ0) is 13.8. The number of benzene rings is 1. The second-order valence-corrected chi connectivity index (χ2v) is 5.24. The van der Waals surface area contributed by atoms with Gasteiger partial charge in [-0.1, -0.05) is 28.1 Å².